The monoisotopic (exact) mass is 288 g/mol. The van der Waals surface area contributed by atoms with Crippen LogP contribution in [-0.4, -0.2) is 12.7 Å². The summed E-state index contributed by atoms with van der Waals surface area (Å²) in [5.74, 6) is 0. The average molecular weight is 288 g/mol. The molecule has 0 atom stereocenters. The lowest BCUT2D eigenvalue weighted by Gasteiger charge is -2.18. The second-order valence-corrected chi connectivity index (χ2v) is 6.91. The topological polar surface area (TPSA) is 63.4 Å². The maximum absolute atomic E-state index is 12.8. The van der Waals surface area contributed by atoms with E-state index in [1.807, 2.05) is 24.3 Å². The van der Waals surface area contributed by atoms with Gasteiger partial charge in [0.1, 0.15) is 4.90 Å². The summed E-state index contributed by atoms with van der Waals surface area (Å²) in [7, 11) is -3.56. The van der Waals surface area contributed by atoms with Crippen LogP contribution in [0.25, 0.3) is 0 Å². The van der Waals surface area contributed by atoms with E-state index in [1.165, 1.54) is 4.31 Å². The number of fused-ring (bicyclic) bond motifs is 1. The molecule has 0 aliphatic carbocycles. The maximum atomic E-state index is 12.8. The molecule has 2 aromatic rings. The summed E-state index contributed by atoms with van der Waals surface area (Å²) < 4.78 is 27.1. The van der Waals surface area contributed by atoms with E-state index in [2.05, 4.69) is 0 Å². The van der Waals surface area contributed by atoms with Gasteiger partial charge < -0.3 is 5.73 Å². The number of rotatable bonds is 2. The number of nitrogen functional groups attached to an aromatic ring is 1. The van der Waals surface area contributed by atoms with E-state index in [1.54, 1.807) is 25.1 Å². The van der Waals surface area contributed by atoms with E-state index in [0.29, 0.717) is 24.3 Å². The van der Waals surface area contributed by atoms with Gasteiger partial charge in [-0.3, -0.25) is 0 Å². The van der Waals surface area contributed by atoms with Gasteiger partial charge in [0.25, 0.3) is 0 Å². The Hall–Kier alpha value is -1.85. The molecule has 0 aromatic heterocycles. The van der Waals surface area contributed by atoms with Crippen LogP contribution in [0.3, 0.4) is 0 Å². The quantitative estimate of drug-likeness (QED) is 0.862. The minimum absolute atomic E-state index is 0.229. The van der Waals surface area contributed by atoms with Crippen molar-refractivity contribution in [2.75, 3.05) is 5.73 Å². The molecule has 104 valence electrons. The summed E-state index contributed by atoms with van der Waals surface area (Å²) in [6, 6.07) is 12.9. The number of aryl methyl sites for hydroxylation is 1. The lowest BCUT2D eigenvalue weighted by atomic mass is 10.1. The van der Waals surface area contributed by atoms with Crippen molar-refractivity contribution < 1.29 is 8.42 Å². The summed E-state index contributed by atoms with van der Waals surface area (Å²) >= 11 is 0. The van der Waals surface area contributed by atoms with Crippen molar-refractivity contribution in [2.45, 2.75) is 24.9 Å². The molecule has 5 heteroatoms. The number of hydrogen-bond donors (Lipinski definition) is 1. The molecule has 0 radical (unpaired) electrons. The van der Waals surface area contributed by atoms with Crippen LogP contribution in [0.2, 0.25) is 0 Å². The van der Waals surface area contributed by atoms with Gasteiger partial charge in [0.15, 0.2) is 0 Å². The highest BCUT2D eigenvalue weighted by Gasteiger charge is 2.32. The van der Waals surface area contributed by atoms with E-state index >= 15 is 0 Å². The van der Waals surface area contributed by atoms with E-state index < -0.39 is 10.0 Å². The Morgan fingerprint density at radius 1 is 1.00 bits per heavy atom. The van der Waals surface area contributed by atoms with E-state index in [0.717, 1.165) is 11.1 Å². The maximum Gasteiger partial charge on any atom is 0.245 e. The fraction of sp³-hybridized carbons (Fsp3) is 0.200. The first-order valence-electron chi connectivity index (χ1n) is 6.42. The van der Waals surface area contributed by atoms with Gasteiger partial charge in [-0.25, -0.2) is 8.42 Å². The average Bonchev–Trinajstić information content (AvgIpc) is 2.82. The largest absolute Gasteiger partial charge is 0.398 e. The summed E-state index contributed by atoms with van der Waals surface area (Å²) in [5.41, 5.74) is 8.98. The minimum atomic E-state index is -3.56. The Balaban J connectivity index is 2.03. The summed E-state index contributed by atoms with van der Waals surface area (Å²) in [4.78, 5) is 0.229. The van der Waals surface area contributed by atoms with Gasteiger partial charge in [-0.15, -0.1) is 0 Å². The van der Waals surface area contributed by atoms with Crippen molar-refractivity contribution in [1.82, 2.24) is 4.31 Å². The van der Waals surface area contributed by atoms with Gasteiger partial charge in [-0.05, 0) is 29.7 Å². The Morgan fingerprint density at radius 3 is 2.15 bits per heavy atom. The zero-order chi connectivity index (χ0) is 14.3. The van der Waals surface area contributed by atoms with Crippen LogP contribution in [0, 0.1) is 6.92 Å². The smallest absolute Gasteiger partial charge is 0.245 e. The second kappa shape index (κ2) is 4.61. The molecule has 0 saturated heterocycles. The lowest BCUT2D eigenvalue weighted by molar-refractivity contribution is 0.431. The Kier molecular flexibility index (Phi) is 3.03. The highest BCUT2D eigenvalue weighted by molar-refractivity contribution is 7.89. The van der Waals surface area contributed by atoms with Crippen LogP contribution >= 0.6 is 0 Å². The lowest BCUT2D eigenvalue weighted by Crippen LogP contribution is -2.27. The molecule has 3 rings (SSSR count). The summed E-state index contributed by atoms with van der Waals surface area (Å²) in [6.45, 7) is 2.59. The van der Waals surface area contributed by atoms with Crippen molar-refractivity contribution in [3.8, 4) is 0 Å². The molecule has 0 bridgehead atoms. The number of benzene rings is 2. The second-order valence-electron chi connectivity index (χ2n) is 5.04. The number of sulfonamides is 1. The van der Waals surface area contributed by atoms with Crippen LogP contribution in [0.5, 0.6) is 0 Å². The molecular weight excluding hydrogens is 272 g/mol. The zero-order valence-corrected chi connectivity index (χ0v) is 12.0. The SMILES string of the molecule is Cc1cccc(N)c1S(=O)(=O)N1Cc2ccccc2C1. The fourth-order valence-corrected chi connectivity index (χ4v) is 4.35. The van der Waals surface area contributed by atoms with E-state index in [-0.39, 0.29) is 4.90 Å². The predicted molar refractivity (Wildman–Crippen MR) is 78.5 cm³/mol. The summed E-state index contributed by atoms with van der Waals surface area (Å²) in [5, 5.41) is 0. The third kappa shape index (κ3) is 1.99. The van der Waals surface area contributed by atoms with Gasteiger partial charge in [0, 0.05) is 13.1 Å². The number of nitrogens with two attached hydrogens (primary N) is 1. The van der Waals surface area contributed by atoms with Crippen molar-refractivity contribution in [3.63, 3.8) is 0 Å². The Bertz CT molecular complexity index is 724. The predicted octanol–water partition coefficient (Wildman–Crippen LogP) is 2.28. The van der Waals surface area contributed by atoms with Crippen molar-refractivity contribution in [1.29, 1.82) is 0 Å². The van der Waals surface area contributed by atoms with E-state index in [9.17, 15) is 8.42 Å². The zero-order valence-electron chi connectivity index (χ0n) is 11.2. The van der Waals surface area contributed by atoms with E-state index in [4.69, 9.17) is 5.73 Å². The first-order chi connectivity index (χ1) is 9.50. The molecule has 0 amide bonds. The normalized spacial score (nSPS) is 15.2. The van der Waals surface area contributed by atoms with Crippen LogP contribution in [0.4, 0.5) is 5.69 Å². The first kappa shape index (κ1) is 13.1. The number of hydrogen-bond acceptors (Lipinski definition) is 3. The molecule has 1 aliphatic rings. The molecule has 2 N–H and O–H groups in total. The molecule has 1 aliphatic heterocycles. The summed E-state index contributed by atoms with van der Waals surface area (Å²) in [6.07, 6.45) is 0. The van der Waals surface area contributed by atoms with Crippen LogP contribution in [-0.2, 0) is 23.1 Å². The number of nitrogens with zero attached hydrogens (tertiary/aromatic N) is 1. The molecule has 0 fully saturated rings. The molecule has 4 nitrogen and oxygen atoms in total. The Labute approximate surface area is 118 Å². The molecule has 2 aromatic carbocycles. The Morgan fingerprint density at radius 2 is 1.60 bits per heavy atom. The van der Waals surface area contributed by atoms with Crippen molar-refractivity contribution >= 4 is 15.7 Å². The van der Waals surface area contributed by atoms with Gasteiger partial charge in [0.2, 0.25) is 10.0 Å². The van der Waals surface area contributed by atoms with Gasteiger partial charge >= 0.3 is 0 Å². The molecule has 1 heterocycles. The van der Waals surface area contributed by atoms with Crippen molar-refractivity contribution in [2.24, 2.45) is 0 Å². The molecule has 0 saturated carbocycles. The fourth-order valence-electron chi connectivity index (χ4n) is 2.63. The molecule has 0 spiro atoms. The van der Waals surface area contributed by atoms with Crippen LogP contribution in [0.1, 0.15) is 16.7 Å². The van der Waals surface area contributed by atoms with Gasteiger partial charge in [-0.2, -0.15) is 4.31 Å². The van der Waals surface area contributed by atoms with Crippen LogP contribution < -0.4 is 5.73 Å². The molecule has 20 heavy (non-hydrogen) atoms. The van der Waals surface area contributed by atoms with Gasteiger partial charge in [0.05, 0.1) is 5.69 Å². The molecular formula is C15H16N2O2S. The standard InChI is InChI=1S/C15H16N2O2S/c1-11-5-4-8-14(16)15(11)20(18,19)17-9-12-6-2-3-7-13(12)10-17/h2-8H,9-10,16H2,1H3. The highest BCUT2D eigenvalue weighted by atomic mass is 32.2. The van der Waals surface area contributed by atoms with Crippen molar-refractivity contribution in [3.05, 3.63) is 59.2 Å². The van der Waals surface area contributed by atoms with Crippen LogP contribution in [0.15, 0.2) is 47.4 Å². The minimum Gasteiger partial charge on any atom is -0.398 e. The van der Waals surface area contributed by atoms with Gasteiger partial charge in [-0.1, -0.05) is 36.4 Å². The third-order valence-electron chi connectivity index (χ3n) is 3.65. The molecule has 0 unspecified atom stereocenters. The highest BCUT2D eigenvalue weighted by Crippen LogP contribution is 2.32. The first-order valence-corrected chi connectivity index (χ1v) is 7.86. The third-order valence-corrected chi connectivity index (χ3v) is 5.66. The number of anilines is 1.